The molecule has 0 radical (unpaired) electrons. The molecule has 2 nitrogen and oxygen atoms in total. The molecule has 0 aliphatic carbocycles. The van der Waals surface area contributed by atoms with E-state index in [1.165, 1.54) is 0 Å². The van der Waals surface area contributed by atoms with Crippen molar-refractivity contribution in [3.05, 3.63) is 109 Å². The van der Waals surface area contributed by atoms with E-state index in [2.05, 4.69) is 6.58 Å². The highest BCUT2D eigenvalue weighted by atomic mass is 16.2. The molecule has 3 aromatic carbocycles. The fourth-order valence-electron chi connectivity index (χ4n) is 3.10. The Morgan fingerprint density at radius 1 is 0.808 bits per heavy atom. The molecule has 3 rings (SSSR count). The predicted molar refractivity (Wildman–Crippen MR) is 109 cm³/mol. The minimum absolute atomic E-state index is 0.0524. The number of carbonyl (C=O) groups excluding carboxylic acids is 1. The molecule has 0 spiro atoms. The predicted octanol–water partition coefficient (Wildman–Crippen LogP) is 6.10. The Labute approximate surface area is 155 Å². The summed E-state index contributed by atoms with van der Waals surface area (Å²) >= 11 is 0. The van der Waals surface area contributed by atoms with Crippen LogP contribution in [0.4, 0.5) is 11.4 Å². The Hall–Kier alpha value is -3.13. The zero-order valence-corrected chi connectivity index (χ0v) is 15.0. The van der Waals surface area contributed by atoms with Crippen LogP contribution in [0, 0.1) is 0 Å². The smallest absolute Gasteiger partial charge is 0.239 e. The molecule has 0 aliphatic rings. The summed E-state index contributed by atoms with van der Waals surface area (Å²) in [5, 5.41) is 0. The highest BCUT2D eigenvalue weighted by molar-refractivity contribution is 6.04. The first-order valence-electron chi connectivity index (χ1n) is 8.80. The standard InChI is InChI=1S/C24H23NO/c1-19(2)18-23(20-12-6-3-7-13-20)24(26)25(21-14-8-4-9-15-21)22-16-10-5-11-17-22/h3-17,23H,1,18H2,2H3. The maximum atomic E-state index is 13.7. The lowest BCUT2D eigenvalue weighted by molar-refractivity contribution is -0.119. The van der Waals surface area contributed by atoms with Crippen molar-refractivity contribution in [2.75, 3.05) is 4.90 Å². The third-order valence-corrected chi connectivity index (χ3v) is 4.30. The van der Waals surface area contributed by atoms with Crippen molar-refractivity contribution >= 4 is 17.3 Å². The van der Waals surface area contributed by atoms with Crippen LogP contribution in [0.3, 0.4) is 0 Å². The van der Waals surface area contributed by atoms with E-state index in [0.29, 0.717) is 6.42 Å². The van der Waals surface area contributed by atoms with Gasteiger partial charge in [0.05, 0.1) is 5.92 Å². The molecule has 2 heteroatoms. The van der Waals surface area contributed by atoms with Gasteiger partial charge in [0.1, 0.15) is 0 Å². The summed E-state index contributed by atoms with van der Waals surface area (Å²) in [6.45, 7) is 6.01. The number of amides is 1. The molecule has 1 amide bonds. The van der Waals surface area contributed by atoms with E-state index in [-0.39, 0.29) is 11.8 Å². The summed E-state index contributed by atoms with van der Waals surface area (Å²) in [5.74, 6) is -0.217. The molecular weight excluding hydrogens is 318 g/mol. The second-order valence-electron chi connectivity index (χ2n) is 6.47. The number of para-hydroxylation sites is 2. The van der Waals surface area contributed by atoms with Crippen molar-refractivity contribution in [1.82, 2.24) is 0 Å². The van der Waals surface area contributed by atoms with Gasteiger partial charge >= 0.3 is 0 Å². The quantitative estimate of drug-likeness (QED) is 0.496. The second-order valence-corrected chi connectivity index (χ2v) is 6.47. The average Bonchev–Trinajstić information content (AvgIpc) is 2.68. The lowest BCUT2D eigenvalue weighted by Gasteiger charge is -2.28. The first-order valence-corrected chi connectivity index (χ1v) is 8.80. The molecular formula is C24H23NO. The van der Waals surface area contributed by atoms with Gasteiger partial charge in [-0.25, -0.2) is 0 Å². The molecule has 1 unspecified atom stereocenters. The Morgan fingerprint density at radius 3 is 1.65 bits per heavy atom. The fraction of sp³-hybridized carbons (Fsp3) is 0.125. The minimum Gasteiger partial charge on any atom is -0.281 e. The molecule has 0 saturated heterocycles. The number of allylic oxidation sites excluding steroid dienone is 1. The lowest BCUT2D eigenvalue weighted by atomic mass is 9.91. The van der Waals surface area contributed by atoms with E-state index in [4.69, 9.17) is 0 Å². The molecule has 0 aliphatic heterocycles. The molecule has 0 saturated carbocycles. The third kappa shape index (κ3) is 4.09. The maximum Gasteiger partial charge on any atom is 0.239 e. The maximum absolute atomic E-state index is 13.7. The SMILES string of the molecule is C=C(C)CC(C(=O)N(c1ccccc1)c1ccccc1)c1ccccc1. The second kappa shape index (κ2) is 8.30. The van der Waals surface area contributed by atoms with Crippen molar-refractivity contribution in [2.45, 2.75) is 19.3 Å². The van der Waals surface area contributed by atoms with Gasteiger partial charge in [-0.1, -0.05) is 72.3 Å². The van der Waals surface area contributed by atoms with Gasteiger partial charge in [-0.15, -0.1) is 6.58 Å². The number of nitrogens with zero attached hydrogens (tertiary/aromatic N) is 1. The summed E-state index contributed by atoms with van der Waals surface area (Å²) in [4.78, 5) is 15.5. The van der Waals surface area contributed by atoms with Gasteiger partial charge in [0.2, 0.25) is 5.91 Å². The van der Waals surface area contributed by atoms with E-state index in [1.807, 2.05) is 97.9 Å². The lowest BCUT2D eigenvalue weighted by Crippen LogP contribution is -2.31. The highest BCUT2D eigenvalue weighted by Gasteiger charge is 2.28. The molecule has 0 N–H and O–H groups in total. The molecule has 0 heterocycles. The number of carbonyl (C=O) groups is 1. The number of rotatable bonds is 6. The highest BCUT2D eigenvalue weighted by Crippen LogP contribution is 2.32. The summed E-state index contributed by atoms with van der Waals surface area (Å²) < 4.78 is 0. The largest absolute Gasteiger partial charge is 0.281 e. The van der Waals surface area contributed by atoms with Gasteiger partial charge in [0, 0.05) is 11.4 Å². The normalized spacial score (nSPS) is 11.6. The number of anilines is 2. The van der Waals surface area contributed by atoms with Crippen LogP contribution in [0.5, 0.6) is 0 Å². The van der Waals surface area contributed by atoms with E-state index in [1.54, 1.807) is 4.90 Å². The Bertz CT molecular complexity index is 817. The topological polar surface area (TPSA) is 20.3 Å². The van der Waals surface area contributed by atoms with Gasteiger partial charge in [-0.3, -0.25) is 9.69 Å². The minimum atomic E-state index is -0.269. The average molecular weight is 341 g/mol. The van der Waals surface area contributed by atoms with Crippen LogP contribution in [0.15, 0.2) is 103 Å². The first kappa shape index (κ1) is 17.7. The Kier molecular flexibility index (Phi) is 5.65. The molecule has 0 bridgehead atoms. The van der Waals surface area contributed by atoms with Crippen LogP contribution in [0.2, 0.25) is 0 Å². The summed E-state index contributed by atoms with van der Waals surface area (Å²) in [6, 6.07) is 29.5. The molecule has 0 fully saturated rings. The number of hydrogen-bond donors (Lipinski definition) is 0. The molecule has 0 aromatic heterocycles. The molecule has 26 heavy (non-hydrogen) atoms. The van der Waals surface area contributed by atoms with Crippen LogP contribution in [-0.4, -0.2) is 5.91 Å². The van der Waals surface area contributed by atoms with E-state index < -0.39 is 0 Å². The van der Waals surface area contributed by atoms with Crippen molar-refractivity contribution < 1.29 is 4.79 Å². The van der Waals surface area contributed by atoms with Crippen LogP contribution in [0.1, 0.15) is 24.8 Å². The summed E-state index contributed by atoms with van der Waals surface area (Å²) in [7, 11) is 0. The molecule has 3 aromatic rings. The van der Waals surface area contributed by atoms with Crippen LogP contribution >= 0.6 is 0 Å². The van der Waals surface area contributed by atoms with Crippen molar-refractivity contribution in [3.63, 3.8) is 0 Å². The molecule has 1 atom stereocenters. The van der Waals surface area contributed by atoms with Crippen molar-refractivity contribution in [1.29, 1.82) is 0 Å². The number of benzene rings is 3. The van der Waals surface area contributed by atoms with Gasteiger partial charge in [-0.05, 0) is 43.2 Å². The first-order chi connectivity index (χ1) is 12.7. The zero-order valence-electron chi connectivity index (χ0n) is 15.0. The van der Waals surface area contributed by atoms with Gasteiger partial charge in [-0.2, -0.15) is 0 Å². The molecule has 130 valence electrons. The van der Waals surface area contributed by atoms with Gasteiger partial charge in [0.25, 0.3) is 0 Å². The Morgan fingerprint density at radius 2 is 1.23 bits per heavy atom. The van der Waals surface area contributed by atoms with E-state index in [9.17, 15) is 4.79 Å². The fourth-order valence-corrected chi connectivity index (χ4v) is 3.10. The zero-order chi connectivity index (χ0) is 18.4. The Balaban J connectivity index is 2.06. The summed E-state index contributed by atoms with van der Waals surface area (Å²) in [6.07, 6.45) is 0.624. The third-order valence-electron chi connectivity index (χ3n) is 4.30. The monoisotopic (exact) mass is 341 g/mol. The van der Waals surface area contributed by atoms with Gasteiger partial charge in [0.15, 0.2) is 0 Å². The van der Waals surface area contributed by atoms with Crippen LogP contribution < -0.4 is 4.90 Å². The van der Waals surface area contributed by atoms with Crippen molar-refractivity contribution in [3.8, 4) is 0 Å². The van der Waals surface area contributed by atoms with Crippen LogP contribution in [-0.2, 0) is 4.79 Å². The van der Waals surface area contributed by atoms with Crippen LogP contribution in [0.25, 0.3) is 0 Å². The summed E-state index contributed by atoms with van der Waals surface area (Å²) in [5.41, 5.74) is 3.74. The number of hydrogen-bond acceptors (Lipinski definition) is 1. The van der Waals surface area contributed by atoms with E-state index >= 15 is 0 Å². The van der Waals surface area contributed by atoms with E-state index in [0.717, 1.165) is 22.5 Å². The van der Waals surface area contributed by atoms with Gasteiger partial charge < -0.3 is 0 Å². The van der Waals surface area contributed by atoms with Crippen molar-refractivity contribution in [2.24, 2.45) is 0 Å².